The molecule has 0 amide bonds. The summed E-state index contributed by atoms with van der Waals surface area (Å²) >= 11 is 1.58. The molecule has 7 nitrogen and oxygen atoms in total. The van der Waals surface area contributed by atoms with Gasteiger partial charge in [0.25, 0.3) is 0 Å². The molecule has 0 spiro atoms. The van der Waals surface area contributed by atoms with Crippen molar-refractivity contribution in [3.63, 3.8) is 0 Å². The second kappa shape index (κ2) is 6.21. The number of hydrogen-bond acceptors (Lipinski definition) is 8. The molecule has 112 valence electrons. The Morgan fingerprint density at radius 1 is 1.19 bits per heavy atom. The molecule has 2 aromatic rings. The summed E-state index contributed by atoms with van der Waals surface area (Å²) in [5, 5.41) is 12.3. The molecule has 0 radical (unpaired) electrons. The van der Waals surface area contributed by atoms with Crippen molar-refractivity contribution in [1.82, 2.24) is 20.2 Å². The van der Waals surface area contributed by atoms with E-state index in [0.717, 1.165) is 55.3 Å². The van der Waals surface area contributed by atoms with Crippen LogP contribution >= 0.6 is 11.3 Å². The van der Waals surface area contributed by atoms with Gasteiger partial charge in [0.1, 0.15) is 11.3 Å². The van der Waals surface area contributed by atoms with Crippen LogP contribution in [0.25, 0.3) is 0 Å². The van der Waals surface area contributed by atoms with E-state index in [1.165, 1.54) is 0 Å². The second-order valence-electron chi connectivity index (χ2n) is 4.92. The zero-order valence-electron chi connectivity index (χ0n) is 12.3. The molecule has 1 aliphatic heterocycles. The van der Waals surface area contributed by atoms with Gasteiger partial charge in [-0.2, -0.15) is 4.98 Å². The van der Waals surface area contributed by atoms with Gasteiger partial charge in [0.2, 0.25) is 11.1 Å². The van der Waals surface area contributed by atoms with Crippen molar-refractivity contribution in [2.45, 2.75) is 13.8 Å². The second-order valence-corrected chi connectivity index (χ2v) is 5.73. The summed E-state index contributed by atoms with van der Waals surface area (Å²) in [7, 11) is 0. The third-order valence-electron chi connectivity index (χ3n) is 3.38. The Labute approximate surface area is 128 Å². The predicted molar refractivity (Wildman–Crippen MR) is 85.3 cm³/mol. The lowest BCUT2D eigenvalue weighted by molar-refractivity contribution is 0.636. The van der Waals surface area contributed by atoms with Gasteiger partial charge >= 0.3 is 0 Å². The van der Waals surface area contributed by atoms with Gasteiger partial charge in [0.15, 0.2) is 0 Å². The first-order valence-corrected chi connectivity index (χ1v) is 8.00. The molecular formula is C13H19N7S. The summed E-state index contributed by atoms with van der Waals surface area (Å²) in [6.07, 6.45) is 0. The first-order chi connectivity index (χ1) is 10.3. The zero-order valence-corrected chi connectivity index (χ0v) is 13.1. The third kappa shape index (κ3) is 3.21. The van der Waals surface area contributed by atoms with Gasteiger partial charge in [-0.15, -0.1) is 10.2 Å². The minimum atomic E-state index is 0.808. The monoisotopic (exact) mass is 305 g/mol. The van der Waals surface area contributed by atoms with Gasteiger partial charge in [-0.25, -0.2) is 4.98 Å². The van der Waals surface area contributed by atoms with Gasteiger partial charge in [-0.05, 0) is 13.8 Å². The third-order valence-corrected chi connectivity index (χ3v) is 4.13. The lowest BCUT2D eigenvalue weighted by Crippen LogP contribution is -2.47. The highest BCUT2D eigenvalue weighted by Crippen LogP contribution is 2.20. The van der Waals surface area contributed by atoms with E-state index in [2.05, 4.69) is 42.2 Å². The molecule has 0 aromatic carbocycles. The molecule has 0 atom stereocenters. The Bertz CT molecular complexity index is 578. The van der Waals surface area contributed by atoms with E-state index < -0.39 is 0 Å². The van der Waals surface area contributed by atoms with Gasteiger partial charge in [0.05, 0.1) is 0 Å². The quantitative estimate of drug-likeness (QED) is 0.915. The van der Waals surface area contributed by atoms with E-state index in [0.29, 0.717) is 0 Å². The first-order valence-electron chi connectivity index (χ1n) is 7.12. The standard InChI is InChI=1S/C13H19N7S/c1-3-14-11-8-10(2)16-12(17-11)19-4-6-20(7-5-19)13-18-15-9-21-13/h8-9H,3-7H2,1-2H3,(H,14,16,17). The fourth-order valence-corrected chi connectivity index (χ4v) is 2.98. The summed E-state index contributed by atoms with van der Waals surface area (Å²) in [6.45, 7) is 8.57. The highest BCUT2D eigenvalue weighted by Gasteiger charge is 2.21. The average molecular weight is 305 g/mol. The van der Waals surface area contributed by atoms with Crippen LogP contribution in [0.1, 0.15) is 12.6 Å². The molecule has 1 N–H and O–H groups in total. The Morgan fingerprint density at radius 3 is 2.62 bits per heavy atom. The molecule has 0 unspecified atom stereocenters. The highest BCUT2D eigenvalue weighted by molar-refractivity contribution is 7.13. The maximum atomic E-state index is 4.59. The van der Waals surface area contributed by atoms with Crippen LogP contribution in [-0.2, 0) is 0 Å². The smallest absolute Gasteiger partial charge is 0.227 e. The zero-order chi connectivity index (χ0) is 14.7. The molecule has 8 heteroatoms. The van der Waals surface area contributed by atoms with E-state index in [1.54, 1.807) is 16.8 Å². The normalized spacial score (nSPS) is 15.3. The summed E-state index contributed by atoms with van der Waals surface area (Å²) in [6, 6.07) is 1.98. The lowest BCUT2D eigenvalue weighted by atomic mass is 10.3. The van der Waals surface area contributed by atoms with Gasteiger partial charge < -0.3 is 15.1 Å². The van der Waals surface area contributed by atoms with Gasteiger partial charge in [-0.3, -0.25) is 0 Å². The van der Waals surface area contributed by atoms with Crippen molar-refractivity contribution in [3.8, 4) is 0 Å². The maximum absolute atomic E-state index is 4.59. The van der Waals surface area contributed by atoms with E-state index >= 15 is 0 Å². The van der Waals surface area contributed by atoms with Crippen molar-refractivity contribution in [2.75, 3.05) is 47.8 Å². The molecule has 1 fully saturated rings. The van der Waals surface area contributed by atoms with E-state index in [9.17, 15) is 0 Å². The van der Waals surface area contributed by atoms with Crippen LogP contribution in [-0.4, -0.2) is 52.9 Å². The minimum absolute atomic E-state index is 0.808. The van der Waals surface area contributed by atoms with Crippen molar-refractivity contribution in [2.24, 2.45) is 0 Å². The number of nitrogens with zero attached hydrogens (tertiary/aromatic N) is 6. The van der Waals surface area contributed by atoms with Crippen LogP contribution < -0.4 is 15.1 Å². The van der Waals surface area contributed by atoms with Crippen molar-refractivity contribution in [1.29, 1.82) is 0 Å². The SMILES string of the molecule is CCNc1cc(C)nc(N2CCN(c3nncs3)CC2)n1. The van der Waals surface area contributed by atoms with E-state index in [1.807, 2.05) is 13.0 Å². The lowest BCUT2D eigenvalue weighted by Gasteiger charge is -2.34. The summed E-state index contributed by atoms with van der Waals surface area (Å²) in [4.78, 5) is 13.6. The maximum Gasteiger partial charge on any atom is 0.227 e. The van der Waals surface area contributed by atoms with Crippen molar-refractivity contribution >= 4 is 28.2 Å². The molecule has 1 saturated heterocycles. The Kier molecular flexibility index (Phi) is 4.14. The van der Waals surface area contributed by atoms with Crippen molar-refractivity contribution in [3.05, 3.63) is 17.3 Å². The van der Waals surface area contributed by atoms with Crippen LogP contribution in [0.2, 0.25) is 0 Å². The summed E-state index contributed by atoms with van der Waals surface area (Å²) in [5.41, 5.74) is 2.76. The van der Waals surface area contributed by atoms with Crippen LogP contribution in [0.3, 0.4) is 0 Å². The number of nitrogens with one attached hydrogen (secondary N) is 1. The number of hydrogen-bond donors (Lipinski definition) is 1. The van der Waals surface area contributed by atoms with Crippen LogP contribution in [0.5, 0.6) is 0 Å². The van der Waals surface area contributed by atoms with Gasteiger partial charge in [0, 0.05) is 44.5 Å². The summed E-state index contributed by atoms with van der Waals surface area (Å²) < 4.78 is 0. The van der Waals surface area contributed by atoms with Gasteiger partial charge in [-0.1, -0.05) is 11.3 Å². The molecule has 1 aliphatic rings. The Hall–Kier alpha value is -1.96. The van der Waals surface area contributed by atoms with Crippen LogP contribution in [0.15, 0.2) is 11.6 Å². The van der Waals surface area contributed by atoms with Crippen molar-refractivity contribution < 1.29 is 0 Å². The topological polar surface area (TPSA) is 70.1 Å². The number of aromatic nitrogens is 4. The van der Waals surface area contributed by atoms with E-state index in [-0.39, 0.29) is 0 Å². The fourth-order valence-electron chi connectivity index (χ4n) is 2.37. The fraction of sp³-hybridized carbons (Fsp3) is 0.538. The number of aryl methyl sites for hydroxylation is 1. The first kappa shape index (κ1) is 14.0. The van der Waals surface area contributed by atoms with Crippen LogP contribution in [0, 0.1) is 6.92 Å². The molecule has 2 aromatic heterocycles. The molecule has 21 heavy (non-hydrogen) atoms. The number of piperazine rings is 1. The molecular weight excluding hydrogens is 286 g/mol. The average Bonchev–Trinajstić information content (AvgIpc) is 3.01. The molecule has 3 heterocycles. The molecule has 0 aliphatic carbocycles. The largest absolute Gasteiger partial charge is 0.370 e. The summed E-state index contributed by atoms with van der Waals surface area (Å²) in [5.74, 6) is 1.70. The predicted octanol–water partition coefficient (Wildman–Crippen LogP) is 1.39. The number of rotatable bonds is 4. The van der Waals surface area contributed by atoms with Crippen LogP contribution in [0.4, 0.5) is 16.9 Å². The number of anilines is 3. The molecule has 0 bridgehead atoms. The Balaban J connectivity index is 1.69. The molecule has 3 rings (SSSR count). The highest BCUT2D eigenvalue weighted by atomic mass is 32.1. The Morgan fingerprint density at radius 2 is 1.95 bits per heavy atom. The minimum Gasteiger partial charge on any atom is -0.370 e. The molecule has 0 saturated carbocycles. The van der Waals surface area contributed by atoms with E-state index in [4.69, 9.17) is 0 Å².